The summed E-state index contributed by atoms with van der Waals surface area (Å²) in [6.07, 6.45) is 1.58. The monoisotopic (exact) mass is 258 g/mol. The minimum Gasteiger partial charge on any atom is -0.299 e. The van der Waals surface area contributed by atoms with Gasteiger partial charge in [-0.15, -0.1) is 0 Å². The Morgan fingerprint density at radius 3 is 2.21 bits per heavy atom. The van der Waals surface area contributed by atoms with E-state index < -0.39 is 11.6 Å². The fraction of sp³-hybridized carbons (Fsp3) is 0.133. The minimum absolute atomic E-state index is 0.434. The van der Waals surface area contributed by atoms with Crippen LogP contribution in [0.5, 0.6) is 0 Å². The fourth-order valence-corrected chi connectivity index (χ4v) is 2.15. The van der Waals surface area contributed by atoms with Gasteiger partial charge in [0.2, 0.25) is 0 Å². The normalized spacial score (nSPS) is 11.2. The van der Waals surface area contributed by atoms with E-state index in [1.807, 2.05) is 26.0 Å². The molecule has 19 heavy (non-hydrogen) atoms. The first-order chi connectivity index (χ1) is 9.04. The molecule has 4 heteroatoms. The van der Waals surface area contributed by atoms with Gasteiger partial charge in [-0.3, -0.25) is 4.57 Å². The van der Waals surface area contributed by atoms with Crippen LogP contribution in [0, 0.1) is 25.5 Å². The molecule has 0 bridgehead atoms. The molecule has 2 nitrogen and oxygen atoms in total. The van der Waals surface area contributed by atoms with Crippen molar-refractivity contribution < 1.29 is 8.78 Å². The quantitative estimate of drug-likeness (QED) is 0.647. The van der Waals surface area contributed by atoms with Crippen molar-refractivity contribution in [3.8, 4) is 5.69 Å². The van der Waals surface area contributed by atoms with Crippen LogP contribution >= 0.6 is 0 Å². The van der Waals surface area contributed by atoms with Crippen molar-refractivity contribution in [1.82, 2.24) is 9.55 Å². The molecule has 0 aliphatic carbocycles. The topological polar surface area (TPSA) is 17.8 Å². The molecule has 3 rings (SSSR count). The number of benzene rings is 2. The molecule has 0 radical (unpaired) electrons. The number of aromatic nitrogens is 2. The van der Waals surface area contributed by atoms with Gasteiger partial charge in [0.05, 0.1) is 16.7 Å². The molecule has 96 valence electrons. The van der Waals surface area contributed by atoms with Crippen LogP contribution in [-0.4, -0.2) is 9.55 Å². The van der Waals surface area contributed by atoms with Crippen LogP contribution < -0.4 is 0 Å². The van der Waals surface area contributed by atoms with Gasteiger partial charge < -0.3 is 0 Å². The summed E-state index contributed by atoms with van der Waals surface area (Å²) < 4.78 is 28.3. The van der Waals surface area contributed by atoms with Gasteiger partial charge in [-0.1, -0.05) is 0 Å². The summed E-state index contributed by atoms with van der Waals surface area (Å²) in [6, 6.07) is 7.38. The van der Waals surface area contributed by atoms with Crippen LogP contribution in [0.3, 0.4) is 0 Å². The molecule has 0 amide bonds. The number of halogens is 2. The standard InChI is InChI=1S/C15H12F2N2/c1-9-3-14-15(4-10(9)2)19(8-18-14)13-6-11(16)5-12(17)7-13/h3-8H,1-2H3. The number of aryl methyl sites for hydroxylation is 2. The average Bonchev–Trinajstić information content (AvgIpc) is 2.71. The fourth-order valence-electron chi connectivity index (χ4n) is 2.15. The minimum atomic E-state index is -0.597. The average molecular weight is 258 g/mol. The zero-order valence-corrected chi connectivity index (χ0v) is 10.6. The molecule has 0 fully saturated rings. The van der Waals surface area contributed by atoms with Crippen LogP contribution in [0.2, 0.25) is 0 Å². The van der Waals surface area contributed by atoms with Crippen molar-refractivity contribution in [2.45, 2.75) is 13.8 Å². The summed E-state index contributed by atoms with van der Waals surface area (Å²) in [5.74, 6) is -1.19. The first-order valence-corrected chi connectivity index (χ1v) is 5.95. The maximum atomic E-state index is 13.3. The number of rotatable bonds is 1. The van der Waals surface area contributed by atoms with E-state index in [-0.39, 0.29) is 0 Å². The first kappa shape index (κ1) is 11.8. The Balaban J connectivity index is 2.28. The van der Waals surface area contributed by atoms with Gasteiger partial charge in [-0.05, 0) is 49.2 Å². The highest BCUT2D eigenvalue weighted by atomic mass is 19.1. The lowest BCUT2D eigenvalue weighted by molar-refractivity contribution is 0.582. The molecular weight excluding hydrogens is 246 g/mol. The van der Waals surface area contributed by atoms with Crippen molar-refractivity contribution in [1.29, 1.82) is 0 Å². The second-order valence-electron chi connectivity index (χ2n) is 4.67. The number of hydrogen-bond acceptors (Lipinski definition) is 1. The number of imidazole rings is 1. The van der Waals surface area contributed by atoms with Crippen molar-refractivity contribution in [3.63, 3.8) is 0 Å². The van der Waals surface area contributed by atoms with E-state index >= 15 is 0 Å². The smallest absolute Gasteiger partial charge is 0.128 e. The number of hydrogen-bond donors (Lipinski definition) is 0. The SMILES string of the molecule is Cc1cc2ncn(-c3cc(F)cc(F)c3)c2cc1C. The molecule has 0 N–H and O–H groups in total. The van der Waals surface area contributed by atoms with E-state index in [1.54, 1.807) is 10.9 Å². The van der Waals surface area contributed by atoms with Crippen molar-refractivity contribution in [2.24, 2.45) is 0 Å². The highest BCUT2D eigenvalue weighted by molar-refractivity contribution is 5.79. The molecule has 0 aliphatic heterocycles. The molecule has 0 saturated carbocycles. The van der Waals surface area contributed by atoms with Gasteiger partial charge in [-0.25, -0.2) is 13.8 Å². The Kier molecular flexibility index (Phi) is 2.59. The van der Waals surface area contributed by atoms with Crippen LogP contribution in [-0.2, 0) is 0 Å². The molecule has 3 aromatic rings. The summed E-state index contributed by atoms with van der Waals surface area (Å²) in [6.45, 7) is 4.01. The van der Waals surface area contributed by atoms with E-state index in [0.29, 0.717) is 5.69 Å². The molecule has 0 aliphatic rings. The van der Waals surface area contributed by atoms with Crippen LogP contribution in [0.15, 0.2) is 36.7 Å². The number of fused-ring (bicyclic) bond motifs is 1. The van der Waals surface area contributed by atoms with Gasteiger partial charge in [0.1, 0.15) is 18.0 Å². The molecule has 0 atom stereocenters. The second kappa shape index (κ2) is 4.16. The third-order valence-electron chi connectivity index (χ3n) is 3.29. The Morgan fingerprint density at radius 2 is 1.53 bits per heavy atom. The lowest BCUT2D eigenvalue weighted by Gasteiger charge is -2.06. The van der Waals surface area contributed by atoms with Crippen molar-refractivity contribution in [3.05, 3.63) is 59.4 Å². The van der Waals surface area contributed by atoms with Gasteiger partial charge in [0, 0.05) is 6.07 Å². The molecule has 0 spiro atoms. The highest BCUT2D eigenvalue weighted by Gasteiger charge is 2.08. The third kappa shape index (κ3) is 1.99. The van der Waals surface area contributed by atoms with Crippen LogP contribution in [0.25, 0.3) is 16.7 Å². The molecule has 1 heterocycles. The van der Waals surface area contributed by atoms with Crippen molar-refractivity contribution >= 4 is 11.0 Å². The van der Waals surface area contributed by atoms with Gasteiger partial charge in [0.25, 0.3) is 0 Å². The maximum Gasteiger partial charge on any atom is 0.128 e. The molecule has 1 aromatic heterocycles. The first-order valence-electron chi connectivity index (χ1n) is 5.95. The predicted molar refractivity (Wildman–Crippen MR) is 70.5 cm³/mol. The predicted octanol–water partition coefficient (Wildman–Crippen LogP) is 3.92. The summed E-state index contributed by atoms with van der Waals surface area (Å²) >= 11 is 0. The van der Waals surface area contributed by atoms with Gasteiger partial charge in [0.15, 0.2) is 0 Å². The molecule has 0 unspecified atom stereocenters. The van der Waals surface area contributed by atoms with Crippen LogP contribution in [0.4, 0.5) is 8.78 Å². The Labute approximate surface area is 109 Å². The summed E-state index contributed by atoms with van der Waals surface area (Å²) in [5, 5.41) is 0. The zero-order chi connectivity index (χ0) is 13.6. The van der Waals surface area contributed by atoms with E-state index in [2.05, 4.69) is 4.98 Å². The largest absolute Gasteiger partial charge is 0.299 e. The number of nitrogens with zero attached hydrogens (tertiary/aromatic N) is 2. The van der Waals surface area contributed by atoms with Gasteiger partial charge in [-0.2, -0.15) is 0 Å². The van der Waals surface area contributed by atoms with Crippen molar-refractivity contribution in [2.75, 3.05) is 0 Å². The maximum absolute atomic E-state index is 13.3. The summed E-state index contributed by atoms with van der Waals surface area (Å²) in [5.41, 5.74) is 4.35. The third-order valence-corrected chi connectivity index (χ3v) is 3.29. The Morgan fingerprint density at radius 1 is 0.895 bits per heavy atom. The summed E-state index contributed by atoms with van der Waals surface area (Å²) in [7, 11) is 0. The summed E-state index contributed by atoms with van der Waals surface area (Å²) in [4.78, 5) is 4.27. The van der Waals surface area contributed by atoms with E-state index in [0.717, 1.165) is 28.2 Å². The lowest BCUT2D eigenvalue weighted by atomic mass is 10.1. The highest BCUT2D eigenvalue weighted by Crippen LogP contribution is 2.22. The molecular formula is C15H12F2N2. The van der Waals surface area contributed by atoms with E-state index in [4.69, 9.17) is 0 Å². The molecule has 2 aromatic carbocycles. The lowest BCUT2D eigenvalue weighted by Crippen LogP contribution is -1.95. The van der Waals surface area contributed by atoms with E-state index in [9.17, 15) is 8.78 Å². The van der Waals surface area contributed by atoms with Crippen LogP contribution in [0.1, 0.15) is 11.1 Å². The Hall–Kier alpha value is -2.23. The van der Waals surface area contributed by atoms with E-state index in [1.165, 1.54) is 12.1 Å². The van der Waals surface area contributed by atoms with Gasteiger partial charge >= 0.3 is 0 Å². The Bertz CT molecular complexity index is 755. The second-order valence-corrected chi connectivity index (χ2v) is 4.67. The zero-order valence-electron chi connectivity index (χ0n) is 10.6. The molecule has 0 saturated heterocycles.